The van der Waals surface area contributed by atoms with Gasteiger partial charge in [0.25, 0.3) is 0 Å². The highest BCUT2D eigenvalue weighted by Crippen LogP contribution is 2.35. The SMILES string of the molecule is NC(=O)C(=O)N(c1ccncc1)c1cn(-c2ccc(Cl)cc2)c2ccccc12. The molecule has 0 aliphatic carbocycles. The molecule has 2 N–H and O–H groups in total. The van der Waals surface area contributed by atoms with Crippen LogP contribution in [0.15, 0.2) is 79.3 Å². The Bertz CT molecular complexity index is 1170. The molecule has 7 heteroatoms. The minimum Gasteiger partial charge on any atom is -0.361 e. The van der Waals surface area contributed by atoms with Gasteiger partial charge in [-0.1, -0.05) is 29.8 Å². The van der Waals surface area contributed by atoms with Crippen molar-refractivity contribution in [2.45, 2.75) is 0 Å². The van der Waals surface area contributed by atoms with E-state index in [9.17, 15) is 9.59 Å². The molecule has 0 saturated heterocycles. The van der Waals surface area contributed by atoms with E-state index in [0.717, 1.165) is 16.6 Å². The third kappa shape index (κ3) is 3.10. The Labute approximate surface area is 165 Å². The van der Waals surface area contributed by atoms with Gasteiger partial charge in [-0.15, -0.1) is 0 Å². The van der Waals surface area contributed by atoms with Crippen LogP contribution in [0.25, 0.3) is 16.6 Å². The molecule has 2 amide bonds. The molecule has 6 nitrogen and oxygen atoms in total. The molecule has 4 rings (SSSR count). The summed E-state index contributed by atoms with van der Waals surface area (Å²) in [5.74, 6) is -1.87. The number of rotatable bonds is 3. The maximum Gasteiger partial charge on any atom is 0.320 e. The quantitative estimate of drug-likeness (QED) is 0.540. The monoisotopic (exact) mass is 390 g/mol. The van der Waals surface area contributed by atoms with E-state index in [-0.39, 0.29) is 0 Å². The standard InChI is InChI=1S/C21H15ClN4O2/c22-14-5-7-15(8-6-14)25-13-19(17-3-1-2-4-18(17)25)26(21(28)20(23)27)16-9-11-24-12-10-16/h1-13H,(H2,23,27). The van der Waals surface area contributed by atoms with Gasteiger partial charge < -0.3 is 10.3 Å². The summed E-state index contributed by atoms with van der Waals surface area (Å²) in [5, 5.41) is 1.42. The van der Waals surface area contributed by atoms with Gasteiger partial charge in [0.05, 0.1) is 16.9 Å². The second-order valence-corrected chi connectivity index (χ2v) is 6.52. The van der Waals surface area contributed by atoms with E-state index in [2.05, 4.69) is 4.98 Å². The van der Waals surface area contributed by atoms with Crippen LogP contribution in [-0.2, 0) is 9.59 Å². The average Bonchev–Trinajstić information content (AvgIpc) is 3.09. The zero-order valence-electron chi connectivity index (χ0n) is 14.6. The summed E-state index contributed by atoms with van der Waals surface area (Å²) >= 11 is 6.01. The fourth-order valence-electron chi connectivity index (χ4n) is 3.12. The Balaban J connectivity index is 1.97. The molecule has 0 spiro atoms. The lowest BCUT2D eigenvalue weighted by atomic mass is 10.2. The predicted molar refractivity (Wildman–Crippen MR) is 109 cm³/mol. The van der Waals surface area contributed by atoms with E-state index in [4.69, 9.17) is 17.3 Å². The van der Waals surface area contributed by atoms with Crippen LogP contribution in [0.2, 0.25) is 5.02 Å². The molecule has 0 unspecified atom stereocenters. The number of benzene rings is 2. The van der Waals surface area contributed by atoms with Crippen molar-refractivity contribution < 1.29 is 9.59 Å². The number of amides is 2. The van der Waals surface area contributed by atoms with Crippen molar-refractivity contribution in [2.75, 3.05) is 4.90 Å². The molecule has 0 saturated carbocycles. The number of pyridine rings is 1. The molecule has 0 aliphatic rings. The summed E-state index contributed by atoms with van der Waals surface area (Å²) in [4.78, 5) is 29.7. The number of para-hydroxylation sites is 1. The van der Waals surface area contributed by atoms with Crippen LogP contribution in [0.1, 0.15) is 0 Å². The van der Waals surface area contributed by atoms with Gasteiger partial charge in [0.2, 0.25) is 0 Å². The third-order valence-corrected chi connectivity index (χ3v) is 4.62. The van der Waals surface area contributed by atoms with Crippen LogP contribution in [0.3, 0.4) is 0 Å². The van der Waals surface area contributed by atoms with Crippen molar-refractivity contribution >= 4 is 45.7 Å². The predicted octanol–water partition coefficient (Wildman–Crippen LogP) is 3.83. The maximum absolute atomic E-state index is 12.7. The molecule has 138 valence electrons. The van der Waals surface area contributed by atoms with Gasteiger partial charge in [-0.2, -0.15) is 0 Å². The number of hydrogen-bond donors (Lipinski definition) is 1. The van der Waals surface area contributed by atoms with Gasteiger partial charge >= 0.3 is 11.8 Å². The number of fused-ring (bicyclic) bond motifs is 1. The van der Waals surface area contributed by atoms with Gasteiger partial charge in [0.15, 0.2) is 0 Å². The first kappa shape index (κ1) is 17.8. The summed E-state index contributed by atoms with van der Waals surface area (Å²) in [6, 6.07) is 18.2. The second kappa shape index (κ2) is 7.17. The normalized spacial score (nSPS) is 10.8. The lowest BCUT2D eigenvalue weighted by molar-refractivity contribution is -0.135. The zero-order valence-corrected chi connectivity index (χ0v) is 15.4. The first-order chi connectivity index (χ1) is 13.6. The van der Waals surface area contributed by atoms with E-state index in [1.54, 1.807) is 42.9 Å². The van der Waals surface area contributed by atoms with Crippen LogP contribution in [0, 0.1) is 0 Å². The fourth-order valence-corrected chi connectivity index (χ4v) is 3.25. The number of carbonyl (C=O) groups is 2. The molecule has 4 aromatic rings. The van der Waals surface area contributed by atoms with Crippen LogP contribution in [0.5, 0.6) is 0 Å². The largest absolute Gasteiger partial charge is 0.361 e. The maximum atomic E-state index is 12.7. The summed E-state index contributed by atoms with van der Waals surface area (Å²) < 4.78 is 1.93. The van der Waals surface area contributed by atoms with E-state index in [1.807, 2.05) is 41.0 Å². The number of anilines is 2. The number of nitrogens with zero attached hydrogens (tertiary/aromatic N) is 3. The van der Waals surface area contributed by atoms with Crippen molar-refractivity contribution in [3.8, 4) is 5.69 Å². The number of nitrogens with two attached hydrogens (primary N) is 1. The van der Waals surface area contributed by atoms with Gasteiger partial charge in [-0.3, -0.25) is 19.5 Å². The van der Waals surface area contributed by atoms with Crippen LogP contribution >= 0.6 is 11.6 Å². The molecule has 2 heterocycles. The third-order valence-electron chi connectivity index (χ3n) is 4.37. The summed E-state index contributed by atoms with van der Waals surface area (Å²) in [6.07, 6.45) is 4.90. The van der Waals surface area contributed by atoms with Crippen LogP contribution < -0.4 is 10.6 Å². The average molecular weight is 391 g/mol. The van der Waals surface area contributed by atoms with E-state index < -0.39 is 11.8 Å². The Morgan fingerprint density at radius 1 is 0.964 bits per heavy atom. The van der Waals surface area contributed by atoms with Crippen molar-refractivity contribution in [3.05, 3.63) is 84.3 Å². The molecule has 2 aromatic carbocycles. The number of hydrogen-bond acceptors (Lipinski definition) is 3. The molecule has 0 bridgehead atoms. The van der Waals surface area contributed by atoms with Gasteiger partial charge in [-0.25, -0.2) is 0 Å². The van der Waals surface area contributed by atoms with Gasteiger partial charge in [-0.05, 0) is 42.5 Å². The van der Waals surface area contributed by atoms with Gasteiger partial charge in [0, 0.05) is 34.7 Å². The number of primary amides is 1. The van der Waals surface area contributed by atoms with Crippen molar-refractivity contribution in [2.24, 2.45) is 5.73 Å². The summed E-state index contributed by atoms with van der Waals surface area (Å²) in [6.45, 7) is 0. The summed E-state index contributed by atoms with van der Waals surface area (Å²) in [7, 11) is 0. The second-order valence-electron chi connectivity index (χ2n) is 6.09. The van der Waals surface area contributed by atoms with Crippen molar-refractivity contribution in [1.29, 1.82) is 0 Å². The number of halogens is 1. The molecule has 28 heavy (non-hydrogen) atoms. The van der Waals surface area contributed by atoms with Crippen molar-refractivity contribution in [3.63, 3.8) is 0 Å². The molecule has 2 aromatic heterocycles. The van der Waals surface area contributed by atoms with Crippen LogP contribution in [-0.4, -0.2) is 21.4 Å². The molecule has 0 atom stereocenters. The minimum atomic E-state index is -1.04. The zero-order chi connectivity index (χ0) is 19.7. The number of aromatic nitrogens is 2. The Kier molecular flexibility index (Phi) is 4.55. The molecule has 0 aliphatic heterocycles. The number of carbonyl (C=O) groups excluding carboxylic acids is 2. The van der Waals surface area contributed by atoms with E-state index >= 15 is 0 Å². The van der Waals surface area contributed by atoms with E-state index in [1.165, 1.54) is 4.90 Å². The Morgan fingerprint density at radius 2 is 1.64 bits per heavy atom. The first-order valence-corrected chi connectivity index (χ1v) is 8.84. The molecule has 0 radical (unpaired) electrons. The fraction of sp³-hybridized carbons (Fsp3) is 0. The molecular formula is C21H15ClN4O2. The lowest BCUT2D eigenvalue weighted by Gasteiger charge is -2.20. The first-order valence-electron chi connectivity index (χ1n) is 8.46. The molecule has 0 fully saturated rings. The van der Waals surface area contributed by atoms with E-state index in [0.29, 0.717) is 16.4 Å². The summed E-state index contributed by atoms with van der Waals surface area (Å²) in [5.41, 5.74) is 8.10. The van der Waals surface area contributed by atoms with Crippen molar-refractivity contribution in [1.82, 2.24) is 9.55 Å². The van der Waals surface area contributed by atoms with Crippen LogP contribution in [0.4, 0.5) is 11.4 Å². The smallest absolute Gasteiger partial charge is 0.320 e. The topological polar surface area (TPSA) is 81.2 Å². The lowest BCUT2D eigenvalue weighted by Crippen LogP contribution is -2.37. The van der Waals surface area contributed by atoms with Gasteiger partial charge in [0.1, 0.15) is 0 Å². The highest BCUT2D eigenvalue weighted by atomic mass is 35.5. The minimum absolute atomic E-state index is 0.498. The highest BCUT2D eigenvalue weighted by Gasteiger charge is 2.26. The highest BCUT2D eigenvalue weighted by molar-refractivity contribution is 6.42. The Morgan fingerprint density at radius 3 is 2.32 bits per heavy atom. The Hall–Kier alpha value is -3.64. The molecular weight excluding hydrogens is 376 g/mol.